The fraction of sp³-hybridized carbons (Fsp3) is 0. The van der Waals surface area contributed by atoms with Crippen LogP contribution in [0.1, 0.15) is 0 Å². The van der Waals surface area contributed by atoms with E-state index in [0.717, 1.165) is 0 Å². The first-order chi connectivity index (χ1) is 0. The second kappa shape index (κ2) is 25.1. The van der Waals surface area contributed by atoms with Crippen LogP contribution in [-0.4, -0.2) is 65.0 Å². The summed E-state index contributed by atoms with van der Waals surface area (Å²) in [5.74, 6) is 0. The third kappa shape index (κ3) is 18.2. The average molecular weight is 402 g/mol. The van der Waals surface area contributed by atoms with Gasteiger partial charge in [-0.3, -0.25) is 0 Å². The van der Waals surface area contributed by atoms with E-state index in [9.17, 15) is 0 Å². The fourth-order valence-electron chi connectivity index (χ4n) is 0. The van der Waals surface area contributed by atoms with Crippen LogP contribution in [0.4, 0.5) is 0 Å². The van der Waals surface area contributed by atoms with E-state index in [2.05, 4.69) is 0 Å². The Morgan fingerprint density at radius 1 is 1.00 bits per heavy atom. The minimum absolute atomic E-state index is 0. The van der Waals surface area contributed by atoms with Crippen LogP contribution in [0, 0.1) is 0 Å². The Bertz CT molecular complexity index is 11.6. The molecule has 0 aromatic carbocycles. The molecule has 0 atom stereocenters. The molecule has 0 bridgehead atoms. The first-order valence-corrected chi connectivity index (χ1v) is 0. The zero-order valence-electron chi connectivity index (χ0n) is 2.01. The minimum Gasteiger partial charge on any atom is 0 e. The molecule has 0 saturated carbocycles. The molecular weight excluding hydrogens is 399 g/mol. The van der Waals surface area contributed by atoms with Gasteiger partial charge in [-0.2, -0.15) is 0 Å². The van der Waals surface area contributed by atoms with Crippen molar-refractivity contribution < 1.29 is 36.5 Å². The van der Waals surface area contributed by atoms with E-state index in [0.29, 0.717) is 0 Å². The summed E-state index contributed by atoms with van der Waals surface area (Å²) in [4.78, 5) is 0. The van der Waals surface area contributed by atoms with Crippen LogP contribution in [0.5, 0.6) is 0 Å². The van der Waals surface area contributed by atoms with E-state index < -0.39 is 0 Å². The van der Waals surface area contributed by atoms with Gasteiger partial charge in [-0.05, 0) is 0 Å². The Morgan fingerprint density at radius 3 is 1.00 bits per heavy atom. The molecule has 0 aliphatic heterocycles. The minimum atomic E-state index is 0. The third-order valence-corrected chi connectivity index (χ3v) is 0. The molecule has 7 radical (unpaired) electrons. The van der Waals surface area contributed by atoms with Crippen molar-refractivity contribution in [3.63, 3.8) is 0 Å². The number of hydrogen-bond donors (Lipinski definition) is 0. The van der Waals surface area contributed by atoms with Crippen molar-refractivity contribution in [2.75, 3.05) is 0 Å². The van der Waals surface area contributed by atoms with Gasteiger partial charge in [0, 0.05) is 73.7 Å². The normalized spacial score (nSPS) is 0. The molecule has 0 aromatic heterocycles. The maximum atomic E-state index is 0. The van der Waals surface area contributed by atoms with Crippen LogP contribution in [0.25, 0.3) is 0 Å². The van der Waals surface area contributed by atoms with Gasteiger partial charge in [-0.25, -0.2) is 0 Å². The van der Waals surface area contributed by atoms with Crippen molar-refractivity contribution in [3.8, 4) is 0 Å². The van der Waals surface area contributed by atoms with E-state index in [1.807, 2.05) is 0 Å². The maximum Gasteiger partial charge on any atom is 0 e. The zero-order chi connectivity index (χ0) is 0. The van der Waals surface area contributed by atoms with E-state index in [1.165, 1.54) is 0 Å². The number of rotatable bonds is 0. The summed E-state index contributed by atoms with van der Waals surface area (Å²) in [6.07, 6.45) is 0. The third-order valence-electron chi connectivity index (χ3n) is 0. The van der Waals surface area contributed by atoms with Crippen molar-refractivity contribution in [1.29, 1.82) is 0 Å². The first-order valence-electron chi connectivity index (χ1n) is 0. The van der Waals surface area contributed by atoms with Crippen molar-refractivity contribution in [2.45, 2.75) is 0 Å². The van der Waals surface area contributed by atoms with Gasteiger partial charge in [-0.15, -0.1) is 0 Å². The molecule has 0 fully saturated rings. The number of hydrogen-bond acceptors (Lipinski definition) is 0. The summed E-state index contributed by atoms with van der Waals surface area (Å²) < 4.78 is 0. The van der Waals surface area contributed by atoms with Crippen LogP contribution < -0.4 is 0 Å². The van der Waals surface area contributed by atoms with E-state index in [-0.39, 0.29) is 111 Å². The van der Waals surface area contributed by atoms with Gasteiger partial charge < -0.3 is 0 Å². The van der Waals surface area contributed by atoms with Gasteiger partial charge in [-0.1, -0.05) is 0 Å². The Labute approximate surface area is 109 Å². The van der Waals surface area contributed by atoms with Crippen LogP contribution in [-0.2, 0) is 36.5 Å². The van der Waals surface area contributed by atoms with Crippen LogP contribution in [0.15, 0.2) is 0 Å². The van der Waals surface area contributed by atoms with Crippen molar-refractivity contribution in [2.24, 2.45) is 0 Å². The smallest absolute Gasteiger partial charge is 0 e. The Kier molecular flexibility index (Phi) is 187. The second-order valence-corrected chi connectivity index (χ2v) is 0. The quantitative estimate of drug-likeness (QED) is 0.381. The zero-order valence-corrected chi connectivity index (χ0v) is 10.9. The first kappa shape index (κ1) is 37.3. The summed E-state index contributed by atoms with van der Waals surface area (Å²) in [5, 5.41) is 0. The molecule has 0 unspecified atom stereocenters. The van der Waals surface area contributed by atoms with Crippen LogP contribution >= 0.6 is 9.90 Å². The van der Waals surface area contributed by atoms with Crippen LogP contribution in [0.3, 0.4) is 0 Å². The van der Waals surface area contributed by atoms with E-state index >= 15 is 0 Å². The molecule has 5 heteroatoms. The molecule has 0 nitrogen and oxygen atoms in total. The Morgan fingerprint density at radius 2 is 1.00 bits per heavy atom. The van der Waals surface area contributed by atoms with Crippen molar-refractivity contribution in [3.05, 3.63) is 0 Å². The maximum absolute atomic E-state index is 0. The van der Waals surface area contributed by atoms with Gasteiger partial charge in [0.1, 0.15) is 0 Å². The summed E-state index contributed by atoms with van der Waals surface area (Å²) in [6.45, 7) is 0. The standard InChI is InChI=1S/Ca.Fe.P.Pb.Zn.2H. The molecule has 0 aliphatic rings. The summed E-state index contributed by atoms with van der Waals surface area (Å²) in [6, 6.07) is 0. The molecule has 0 aromatic rings. The molecule has 0 aliphatic carbocycles. The van der Waals surface area contributed by atoms with Gasteiger partial charge in [0.15, 0.2) is 0 Å². The van der Waals surface area contributed by atoms with Crippen molar-refractivity contribution in [1.82, 2.24) is 0 Å². The largest absolute Gasteiger partial charge is 0 e. The summed E-state index contributed by atoms with van der Waals surface area (Å²) in [5.41, 5.74) is 0. The van der Waals surface area contributed by atoms with Crippen molar-refractivity contribution >= 4 is 74.9 Å². The molecule has 5 heavy (non-hydrogen) atoms. The van der Waals surface area contributed by atoms with Gasteiger partial charge in [0.25, 0.3) is 0 Å². The molecule has 0 saturated heterocycles. The van der Waals surface area contributed by atoms with Gasteiger partial charge in [0.05, 0.1) is 0 Å². The average Bonchev–Trinajstić information content (AvgIpc) is 0. The SMILES string of the molecule is [CaH2].[Fe].[P].[Pb].[Zn]. The van der Waals surface area contributed by atoms with E-state index in [1.54, 1.807) is 0 Å². The molecule has 0 spiro atoms. The fourth-order valence-corrected chi connectivity index (χ4v) is 0. The Hall–Kier alpha value is 3.75. The monoisotopic (exact) mass is 401 g/mol. The summed E-state index contributed by atoms with van der Waals surface area (Å²) in [7, 11) is 0. The predicted molar refractivity (Wildman–Crippen MR) is 21.2 cm³/mol. The van der Waals surface area contributed by atoms with Gasteiger partial charge >= 0.3 is 37.7 Å². The van der Waals surface area contributed by atoms with Gasteiger partial charge in [0.2, 0.25) is 0 Å². The molecule has 0 amide bonds. The summed E-state index contributed by atoms with van der Waals surface area (Å²) >= 11 is 0. The molecule has 0 N–H and O–H groups in total. The molecular formula is H2CaFePPbZn. The predicted octanol–water partition coefficient (Wildman–Crippen LogP) is -0.441. The topological polar surface area (TPSA) is 0 Å². The Balaban J connectivity index is 0. The van der Waals surface area contributed by atoms with E-state index in [4.69, 9.17) is 0 Å². The van der Waals surface area contributed by atoms with Crippen LogP contribution in [0.2, 0.25) is 0 Å². The molecule has 23 valence electrons. The molecule has 0 rings (SSSR count). The second-order valence-electron chi connectivity index (χ2n) is 0. The molecule has 0 heterocycles.